The minimum Gasteiger partial charge on any atom is -0.497 e. The number of nitrogens with zero attached hydrogens (tertiary/aromatic N) is 3. The third kappa shape index (κ3) is 3.87. The number of aliphatic hydroxyl groups excluding tert-OH is 1. The summed E-state index contributed by atoms with van der Waals surface area (Å²) in [6.45, 7) is 2.49. The summed E-state index contributed by atoms with van der Waals surface area (Å²) in [6, 6.07) is 16.8. The second-order valence-corrected chi connectivity index (χ2v) is 7.01. The lowest BCUT2D eigenvalue weighted by Crippen LogP contribution is -2.30. The fourth-order valence-electron chi connectivity index (χ4n) is 3.42. The zero-order valence-electron chi connectivity index (χ0n) is 16.4. The van der Waals surface area contributed by atoms with Crippen LogP contribution in [0.1, 0.15) is 11.3 Å². The first-order valence-electron chi connectivity index (χ1n) is 9.43. The van der Waals surface area contributed by atoms with Crippen molar-refractivity contribution in [3.05, 3.63) is 76.2 Å². The summed E-state index contributed by atoms with van der Waals surface area (Å²) in [6.07, 6.45) is -0.828. The van der Waals surface area contributed by atoms with E-state index in [4.69, 9.17) is 9.47 Å². The molecular formula is C22H23N3O4. The van der Waals surface area contributed by atoms with Crippen LogP contribution in [0.3, 0.4) is 0 Å². The number of methoxy groups -OCH3 is 1. The van der Waals surface area contributed by atoms with E-state index >= 15 is 0 Å². The van der Waals surface area contributed by atoms with Crippen LogP contribution >= 0.6 is 0 Å². The van der Waals surface area contributed by atoms with Gasteiger partial charge in [-0.1, -0.05) is 24.3 Å². The quantitative estimate of drug-likeness (QED) is 0.522. The summed E-state index contributed by atoms with van der Waals surface area (Å²) >= 11 is 0. The van der Waals surface area contributed by atoms with E-state index in [1.807, 2.05) is 55.5 Å². The first kappa shape index (κ1) is 19.2. The van der Waals surface area contributed by atoms with Crippen LogP contribution in [-0.4, -0.2) is 39.1 Å². The predicted octanol–water partition coefficient (Wildman–Crippen LogP) is 2.54. The molecule has 150 valence electrons. The number of ether oxygens (including phenoxy) is 2. The second kappa shape index (κ2) is 8.06. The minimum absolute atomic E-state index is 0.116. The summed E-state index contributed by atoms with van der Waals surface area (Å²) in [4.78, 5) is 13.0. The number of aliphatic hydroxyl groups is 1. The topological polar surface area (TPSA) is 78.0 Å². The zero-order valence-corrected chi connectivity index (χ0v) is 16.4. The van der Waals surface area contributed by atoms with Crippen molar-refractivity contribution >= 4 is 16.6 Å². The molecule has 29 heavy (non-hydrogen) atoms. The molecule has 0 spiro atoms. The van der Waals surface area contributed by atoms with E-state index in [2.05, 4.69) is 5.10 Å². The van der Waals surface area contributed by atoms with Crippen molar-refractivity contribution in [2.75, 3.05) is 13.7 Å². The monoisotopic (exact) mass is 393 g/mol. The molecule has 2 aromatic heterocycles. The molecule has 2 heterocycles. The molecule has 0 aliphatic rings. The molecule has 1 N–H and O–H groups in total. The van der Waals surface area contributed by atoms with Gasteiger partial charge in [-0.2, -0.15) is 5.10 Å². The standard InChI is InChI=1S/C22H23N3O4/c1-15-11-21-24(22(27)19-5-3-4-6-20(19)25(21)23-15)12-17(26)14-29-13-16-7-9-18(28-2)10-8-16/h3-11,17,26H,12-14H2,1-2H3. The number of para-hydroxylation sites is 1. The third-order valence-corrected chi connectivity index (χ3v) is 4.83. The summed E-state index contributed by atoms with van der Waals surface area (Å²) < 4.78 is 14.1. The number of rotatable bonds is 7. The molecule has 0 amide bonds. The lowest BCUT2D eigenvalue weighted by molar-refractivity contribution is 0.0204. The Morgan fingerprint density at radius 2 is 1.90 bits per heavy atom. The van der Waals surface area contributed by atoms with Crippen LogP contribution in [0.4, 0.5) is 0 Å². The highest BCUT2D eigenvalue weighted by atomic mass is 16.5. The molecule has 0 aliphatic carbocycles. The molecule has 4 rings (SSSR count). The Morgan fingerprint density at radius 1 is 1.14 bits per heavy atom. The largest absolute Gasteiger partial charge is 0.497 e. The van der Waals surface area contributed by atoms with Gasteiger partial charge in [0, 0.05) is 6.07 Å². The van der Waals surface area contributed by atoms with Gasteiger partial charge in [0.1, 0.15) is 11.4 Å². The molecule has 1 atom stereocenters. The maximum absolute atomic E-state index is 13.0. The van der Waals surface area contributed by atoms with Gasteiger partial charge in [-0.25, -0.2) is 4.52 Å². The van der Waals surface area contributed by atoms with Gasteiger partial charge in [0.15, 0.2) is 0 Å². The second-order valence-electron chi connectivity index (χ2n) is 7.01. The van der Waals surface area contributed by atoms with Crippen molar-refractivity contribution < 1.29 is 14.6 Å². The van der Waals surface area contributed by atoms with Crippen LogP contribution in [0.2, 0.25) is 0 Å². The van der Waals surface area contributed by atoms with Gasteiger partial charge in [0.05, 0.1) is 49.6 Å². The molecule has 7 heteroatoms. The van der Waals surface area contributed by atoms with E-state index in [9.17, 15) is 9.90 Å². The average Bonchev–Trinajstić information content (AvgIpc) is 3.13. The van der Waals surface area contributed by atoms with Crippen LogP contribution < -0.4 is 10.3 Å². The van der Waals surface area contributed by atoms with E-state index in [0.29, 0.717) is 17.6 Å². The Bertz CT molecular complexity index is 1190. The Morgan fingerprint density at radius 3 is 2.66 bits per heavy atom. The number of fused-ring (bicyclic) bond motifs is 3. The number of hydrogen-bond donors (Lipinski definition) is 1. The number of hydrogen-bond acceptors (Lipinski definition) is 5. The minimum atomic E-state index is -0.828. The highest BCUT2D eigenvalue weighted by Gasteiger charge is 2.15. The predicted molar refractivity (Wildman–Crippen MR) is 110 cm³/mol. The van der Waals surface area contributed by atoms with Crippen LogP contribution in [0, 0.1) is 6.92 Å². The zero-order chi connectivity index (χ0) is 20.4. The third-order valence-electron chi connectivity index (χ3n) is 4.83. The van der Waals surface area contributed by atoms with Gasteiger partial charge in [-0.3, -0.25) is 9.36 Å². The Hall–Kier alpha value is -3.16. The summed E-state index contributed by atoms with van der Waals surface area (Å²) in [5.41, 5.74) is 3.04. The maximum atomic E-state index is 13.0. The Balaban J connectivity index is 1.52. The van der Waals surface area contributed by atoms with Crippen LogP contribution in [0.15, 0.2) is 59.4 Å². The molecule has 4 aromatic rings. The molecule has 7 nitrogen and oxygen atoms in total. The maximum Gasteiger partial charge on any atom is 0.261 e. The number of aryl methyl sites for hydroxylation is 1. The molecule has 0 aliphatic heterocycles. The fraction of sp³-hybridized carbons (Fsp3) is 0.273. The van der Waals surface area contributed by atoms with Crippen molar-refractivity contribution in [1.82, 2.24) is 14.2 Å². The highest BCUT2D eigenvalue weighted by Crippen LogP contribution is 2.15. The van der Waals surface area contributed by atoms with Crippen molar-refractivity contribution in [1.29, 1.82) is 0 Å². The van der Waals surface area contributed by atoms with Crippen LogP contribution in [0.5, 0.6) is 5.75 Å². The SMILES string of the molecule is COc1ccc(COCC(O)Cn2c(=O)c3ccccc3n3nc(C)cc23)cc1. The molecule has 0 radical (unpaired) electrons. The van der Waals surface area contributed by atoms with Gasteiger partial charge in [0.2, 0.25) is 0 Å². The Kier molecular flexibility index (Phi) is 5.33. The van der Waals surface area contributed by atoms with Gasteiger partial charge >= 0.3 is 0 Å². The highest BCUT2D eigenvalue weighted by molar-refractivity contribution is 5.80. The van der Waals surface area contributed by atoms with E-state index in [1.54, 1.807) is 22.3 Å². The first-order chi connectivity index (χ1) is 14.1. The molecule has 2 aromatic carbocycles. The molecule has 1 unspecified atom stereocenters. The lowest BCUT2D eigenvalue weighted by Gasteiger charge is -2.15. The van der Waals surface area contributed by atoms with Gasteiger partial charge in [0.25, 0.3) is 5.56 Å². The van der Waals surface area contributed by atoms with Gasteiger partial charge in [-0.05, 0) is 36.8 Å². The van der Waals surface area contributed by atoms with Crippen molar-refractivity contribution in [3.8, 4) is 5.75 Å². The van der Waals surface area contributed by atoms with E-state index in [0.717, 1.165) is 22.5 Å². The van der Waals surface area contributed by atoms with Gasteiger partial charge < -0.3 is 14.6 Å². The molecule has 0 saturated heterocycles. The van der Waals surface area contributed by atoms with E-state index in [1.165, 1.54) is 0 Å². The fourth-order valence-corrected chi connectivity index (χ4v) is 3.42. The van der Waals surface area contributed by atoms with Crippen LogP contribution in [0.25, 0.3) is 16.6 Å². The number of aromatic nitrogens is 3. The average molecular weight is 393 g/mol. The summed E-state index contributed by atoms with van der Waals surface area (Å²) in [5.74, 6) is 0.782. The normalized spacial score (nSPS) is 12.5. The van der Waals surface area contributed by atoms with Crippen LogP contribution in [-0.2, 0) is 17.9 Å². The lowest BCUT2D eigenvalue weighted by atomic mass is 10.2. The molecule has 0 saturated carbocycles. The van der Waals surface area contributed by atoms with E-state index < -0.39 is 6.10 Å². The van der Waals surface area contributed by atoms with Crippen molar-refractivity contribution in [3.63, 3.8) is 0 Å². The molecule has 0 fully saturated rings. The number of benzene rings is 2. The smallest absolute Gasteiger partial charge is 0.261 e. The summed E-state index contributed by atoms with van der Waals surface area (Å²) in [7, 11) is 1.62. The Labute approximate surface area is 167 Å². The molecule has 0 bridgehead atoms. The van der Waals surface area contributed by atoms with E-state index in [-0.39, 0.29) is 18.7 Å². The van der Waals surface area contributed by atoms with Gasteiger partial charge in [-0.15, -0.1) is 0 Å². The summed E-state index contributed by atoms with van der Waals surface area (Å²) in [5, 5.41) is 15.6. The van der Waals surface area contributed by atoms with Crippen molar-refractivity contribution in [2.45, 2.75) is 26.2 Å². The first-order valence-corrected chi connectivity index (χ1v) is 9.43. The molecular weight excluding hydrogens is 370 g/mol. The van der Waals surface area contributed by atoms with Crippen molar-refractivity contribution in [2.24, 2.45) is 0 Å².